The first kappa shape index (κ1) is 16.6. The smallest absolute Gasteiger partial charge is 0.269 e. The number of amides is 1. The largest absolute Gasteiger partial charge is 0.352 e. The fraction of sp³-hybridized carbons (Fsp3) is 0.615. The topological polar surface area (TPSA) is 75.4 Å². The van der Waals surface area contributed by atoms with Crippen molar-refractivity contribution in [1.29, 1.82) is 0 Å². The quantitative estimate of drug-likeness (QED) is 0.732. The third kappa shape index (κ3) is 3.05. The van der Waals surface area contributed by atoms with Gasteiger partial charge in [-0.15, -0.1) is 0 Å². The van der Waals surface area contributed by atoms with E-state index in [9.17, 15) is 4.79 Å². The monoisotopic (exact) mass is 335 g/mol. The number of hydrogen-bond donors (Lipinski definition) is 3. The first-order valence-electron chi connectivity index (χ1n) is 6.60. The Balaban J connectivity index is 2.19. The van der Waals surface area contributed by atoms with Gasteiger partial charge in [-0.25, -0.2) is 0 Å². The Bertz CT molecular complexity index is 529. The lowest BCUT2D eigenvalue weighted by molar-refractivity contribution is -0.227. The third-order valence-electron chi connectivity index (χ3n) is 3.79. The SMILES string of the molecule is COC1(OC)CNCCC1NC(=O)c1[nH]c(C)c(Cl)c1Cl. The summed E-state index contributed by atoms with van der Waals surface area (Å²) in [7, 11) is 3.11. The molecule has 0 radical (unpaired) electrons. The Labute approximate surface area is 133 Å². The van der Waals surface area contributed by atoms with Crippen molar-refractivity contribution < 1.29 is 14.3 Å². The maximum Gasteiger partial charge on any atom is 0.269 e. The molecule has 0 aromatic carbocycles. The molecule has 1 unspecified atom stereocenters. The molecule has 1 aliphatic heterocycles. The molecular formula is C13H19Cl2N3O3. The van der Waals surface area contributed by atoms with Crippen LogP contribution in [0.3, 0.4) is 0 Å². The summed E-state index contributed by atoms with van der Waals surface area (Å²) in [6.45, 7) is 3.00. The van der Waals surface area contributed by atoms with Crippen molar-refractivity contribution in [3.05, 3.63) is 21.4 Å². The number of methoxy groups -OCH3 is 2. The van der Waals surface area contributed by atoms with Crippen LogP contribution in [-0.2, 0) is 9.47 Å². The van der Waals surface area contributed by atoms with Crippen LogP contribution in [0.5, 0.6) is 0 Å². The Morgan fingerprint density at radius 2 is 2.00 bits per heavy atom. The second-order valence-electron chi connectivity index (χ2n) is 4.96. The molecule has 1 aromatic heterocycles. The summed E-state index contributed by atoms with van der Waals surface area (Å²) in [6.07, 6.45) is 0.679. The van der Waals surface area contributed by atoms with Gasteiger partial charge in [0.25, 0.3) is 5.91 Å². The minimum atomic E-state index is -0.897. The first-order chi connectivity index (χ1) is 9.95. The molecule has 0 spiro atoms. The number of carbonyl (C=O) groups excluding carboxylic acids is 1. The van der Waals surface area contributed by atoms with E-state index in [0.717, 1.165) is 6.54 Å². The molecule has 1 atom stereocenters. The van der Waals surface area contributed by atoms with E-state index in [0.29, 0.717) is 23.7 Å². The normalized spacial score (nSPS) is 21.3. The highest BCUT2D eigenvalue weighted by Gasteiger charge is 2.42. The number of ether oxygens (including phenoxy) is 2. The summed E-state index contributed by atoms with van der Waals surface area (Å²) in [5.74, 6) is -1.23. The molecule has 1 saturated heterocycles. The predicted octanol–water partition coefficient (Wildman–Crippen LogP) is 1.71. The van der Waals surface area contributed by atoms with Crippen molar-refractivity contribution in [1.82, 2.24) is 15.6 Å². The average Bonchev–Trinajstić information content (AvgIpc) is 2.75. The summed E-state index contributed by atoms with van der Waals surface area (Å²) in [6, 6.07) is -0.292. The van der Waals surface area contributed by atoms with Gasteiger partial charge in [-0.1, -0.05) is 23.2 Å². The number of piperidine rings is 1. The van der Waals surface area contributed by atoms with Crippen LogP contribution < -0.4 is 10.6 Å². The molecule has 1 fully saturated rings. The zero-order chi connectivity index (χ0) is 15.6. The molecule has 1 aromatic rings. The van der Waals surface area contributed by atoms with Crippen LogP contribution in [0.15, 0.2) is 0 Å². The van der Waals surface area contributed by atoms with Crippen molar-refractivity contribution in [2.75, 3.05) is 27.3 Å². The summed E-state index contributed by atoms with van der Waals surface area (Å²) >= 11 is 12.1. The Morgan fingerprint density at radius 3 is 2.52 bits per heavy atom. The summed E-state index contributed by atoms with van der Waals surface area (Å²) < 4.78 is 10.9. The van der Waals surface area contributed by atoms with Gasteiger partial charge in [0.1, 0.15) is 5.69 Å². The highest BCUT2D eigenvalue weighted by molar-refractivity contribution is 6.44. The van der Waals surface area contributed by atoms with E-state index in [2.05, 4.69) is 15.6 Å². The van der Waals surface area contributed by atoms with Gasteiger partial charge in [0.05, 0.1) is 22.6 Å². The number of H-pyrrole nitrogens is 1. The van der Waals surface area contributed by atoms with E-state index in [1.165, 1.54) is 0 Å². The number of halogens is 2. The van der Waals surface area contributed by atoms with E-state index in [1.807, 2.05) is 0 Å². The van der Waals surface area contributed by atoms with Gasteiger partial charge in [0, 0.05) is 19.9 Å². The molecule has 3 N–H and O–H groups in total. The molecule has 6 nitrogen and oxygen atoms in total. The second kappa shape index (κ2) is 6.54. The van der Waals surface area contributed by atoms with Gasteiger partial charge < -0.3 is 25.1 Å². The van der Waals surface area contributed by atoms with Gasteiger partial charge in [-0.3, -0.25) is 4.79 Å². The zero-order valence-corrected chi connectivity index (χ0v) is 13.7. The molecule has 0 bridgehead atoms. The van der Waals surface area contributed by atoms with E-state index in [-0.39, 0.29) is 22.7 Å². The Hall–Kier alpha value is -0.790. The first-order valence-corrected chi connectivity index (χ1v) is 7.36. The minimum Gasteiger partial charge on any atom is -0.352 e. The molecule has 118 valence electrons. The van der Waals surface area contributed by atoms with E-state index in [4.69, 9.17) is 32.7 Å². The van der Waals surface area contributed by atoms with Crippen molar-refractivity contribution >= 4 is 29.1 Å². The molecule has 2 heterocycles. The lowest BCUT2D eigenvalue weighted by Gasteiger charge is -2.42. The van der Waals surface area contributed by atoms with E-state index < -0.39 is 5.79 Å². The number of rotatable bonds is 4. The molecule has 21 heavy (non-hydrogen) atoms. The summed E-state index contributed by atoms with van der Waals surface area (Å²) in [5.41, 5.74) is 0.903. The second-order valence-corrected chi connectivity index (χ2v) is 5.72. The number of hydrogen-bond acceptors (Lipinski definition) is 4. The van der Waals surface area contributed by atoms with Crippen LogP contribution in [0.4, 0.5) is 0 Å². The summed E-state index contributed by atoms with van der Waals surface area (Å²) in [5, 5.41) is 6.68. The van der Waals surface area contributed by atoms with Crippen LogP contribution in [-0.4, -0.2) is 50.0 Å². The average molecular weight is 336 g/mol. The predicted molar refractivity (Wildman–Crippen MR) is 81.0 cm³/mol. The van der Waals surface area contributed by atoms with Crippen LogP contribution in [0.25, 0.3) is 0 Å². The van der Waals surface area contributed by atoms with Gasteiger partial charge in [-0.2, -0.15) is 0 Å². The maximum atomic E-state index is 12.4. The molecule has 1 aliphatic rings. The minimum absolute atomic E-state index is 0.223. The fourth-order valence-corrected chi connectivity index (χ4v) is 2.92. The Morgan fingerprint density at radius 1 is 1.33 bits per heavy atom. The number of aryl methyl sites for hydroxylation is 1. The van der Waals surface area contributed by atoms with Crippen LogP contribution >= 0.6 is 23.2 Å². The molecule has 1 amide bonds. The standard InChI is InChI=1S/C13H19Cl2N3O3/c1-7-9(14)10(15)11(17-7)12(19)18-8-4-5-16-6-13(8,20-2)21-3/h8,16-17H,4-6H2,1-3H3,(H,18,19). The van der Waals surface area contributed by atoms with Crippen molar-refractivity contribution in [3.8, 4) is 0 Å². The summed E-state index contributed by atoms with van der Waals surface area (Å²) in [4.78, 5) is 15.3. The molecule has 0 aliphatic carbocycles. The maximum absolute atomic E-state index is 12.4. The van der Waals surface area contributed by atoms with Gasteiger partial charge in [0.2, 0.25) is 5.79 Å². The lowest BCUT2D eigenvalue weighted by Crippen LogP contribution is -2.63. The highest BCUT2D eigenvalue weighted by Crippen LogP contribution is 2.29. The number of nitrogens with one attached hydrogen (secondary N) is 3. The van der Waals surface area contributed by atoms with Crippen LogP contribution in [0.2, 0.25) is 10.0 Å². The molecule has 2 rings (SSSR count). The van der Waals surface area contributed by atoms with Crippen molar-refractivity contribution in [3.63, 3.8) is 0 Å². The van der Waals surface area contributed by atoms with Gasteiger partial charge in [0.15, 0.2) is 0 Å². The zero-order valence-electron chi connectivity index (χ0n) is 12.2. The number of aromatic nitrogens is 1. The van der Waals surface area contributed by atoms with Crippen molar-refractivity contribution in [2.45, 2.75) is 25.2 Å². The third-order valence-corrected chi connectivity index (χ3v) is 4.74. The van der Waals surface area contributed by atoms with Crippen LogP contribution in [0.1, 0.15) is 22.6 Å². The van der Waals surface area contributed by atoms with E-state index in [1.54, 1.807) is 21.1 Å². The van der Waals surface area contributed by atoms with Crippen LogP contribution in [0, 0.1) is 6.92 Å². The molecule has 0 saturated carbocycles. The molecule has 8 heteroatoms. The number of carbonyl (C=O) groups is 1. The number of aromatic amines is 1. The highest BCUT2D eigenvalue weighted by atomic mass is 35.5. The Kier molecular flexibility index (Phi) is 5.16. The fourth-order valence-electron chi connectivity index (χ4n) is 2.50. The van der Waals surface area contributed by atoms with Gasteiger partial charge >= 0.3 is 0 Å². The van der Waals surface area contributed by atoms with Crippen molar-refractivity contribution in [2.24, 2.45) is 0 Å². The van der Waals surface area contributed by atoms with Gasteiger partial charge in [-0.05, 0) is 19.9 Å². The molecular weight excluding hydrogens is 317 g/mol. The van der Waals surface area contributed by atoms with E-state index >= 15 is 0 Å². The lowest BCUT2D eigenvalue weighted by atomic mass is 9.99.